The van der Waals surface area contributed by atoms with Gasteiger partial charge in [0.2, 0.25) is 5.91 Å². The lowest BCUT2D eigenvalue weighted by atomic mass is 10.1. The van der Waals surface area contributed by atoms with Gasteiger partial charge >= 0.3 is 0 Å². The molecule has 2 rings (SSSR count). The van der Waals surface area contributed by atoms with Gasteiger partial charge in [-0.15, -0.1) is 0 Å². The molecule has 1 amide bonds. The second-order valence-corrected chi connectivity index (χ2v) is 4.74. The maximum absolute atomic E-state index is 11.7. The van der Waals surface area contributed by atoms with E-state index in [2.05, 4.69) is 10.3 Å². The highest BCUT2D eigenvalue weighted by molar-refractivity contribution is 7.99. The fourth-order valence-corrected chi connectivity index (χ4v) is 2.72. The lowest BCUT2D eigenvalue weighted by Gasteiger charge is -2.08. The molecule has 0 aromatic carbocycles. The SMILES string of the molecule is N#Cc1ccc(NC(=O)C2CCSC2)nc1. The van der Waals surface area contributed by atoms with Crippen LogP contribution in [0.4, 0.5) is 5.82 Å². The van der Waals surface area contributed by atoms with E-state index in [1.807, 2.05) is 6.07 Å². The molecule has 1 N–H and O–H groups in total. The summed E-state index contributed by atoms with van der Waals surface area (Å²) < 4.78 is 0. The van der Waals surface area contributed by atoms with Crippen LogP contribution in [0.2, 0.25) is 0 Å². The van der Waals surface area contributed by atoms with Crippen LogP contribution in [-0.4, -0.2) is 22.4 Å². The summed E-state index contributed by atoms with van der Waals surface area (Å²) in [7, 11) is 0. The van der Waals surface area contributed by atoms with Crippen LogP contribution in [-0.2, 0) is 4.79 Å². The molecule has 5 heteroatoms. The smallest absolute Gasteiger partial charge is 0.229 e. The van der Waals surface area contributed by atoms with E-state index in [0.29, 0.717) is 11.4 Å². The summed E-state index contributed by atoms with van der Waals surface area (Å²) in [6, 6.07) is 5.28. The third-order valence-corrected chi connectivity index (χ3v) is 3.61. The average molecular weight is 233 g/mol. The number of carbonyl (C=O) groups is 1. The first kappa shape index (κ1) is 11.0. The Hall–Kier alpha value is -1.54. The van der Waals surface area contributed by atoms with Crippen molar-refractivity contribution < 1.29 is 4.79 Å². The zero-order valence-corrected chi connectivity index (χ0v) is 9.46. The van der Waals surface area contributed by atoms with Crippen molar-refractivity contribution in [3.05, 3.63) is 23.9 Å². The number of aromatic nitrogens is 1. The molecule has 1 unspecified atom stereocenters. The van der Waals surface area contributed by atoms with E-state index in [4.69, 9.17) is 5.26 Å². The lowest BCUT2D eigenvalue weighted by molar-refractivity contribution is -0.119. The highest BCUT2D eigenvalue weighted by Crippen LogP contribution is 2.24. The number of rotatable bonds is 2. The van der Waals surface area contributed by atoms with Crippen LogP contribution in [0.15, 0.2) is 18.3 Å². The zero-order chi connectivity index (χ0) is 11.4. The van der Waals surface area contributed by atoms with Crippen LogP contribution < -0.4 is 5.32 Å². The first-order valence-corrected chi connectivity index (χ1v) is 6.20. The first-order valence-electron chi connectivity index (χ1n) is 5.04. The van der Waals surface area contributed by atoms with Crippen molar-refractivity contribution >= 4 is 23.5 Å². The number of anilines is 1. The van der Waals surface area contributed by atoms with E-state index in [1.54, 1.807) is 23.9 Å². The molecule has 1 aromatic rings. The van der Waals surface area contributed by atoms with Gasteiger partial charge in [-0.25, -0.2) is 4.98 Å². The van der Waals surface area contributed by atoms with Crippen LogP contribution in [0.1, 0.15) is 12.0 Å². The Labute approximate surface area is 98.1 Å². The topological polar surface area (TPSA) is 65.8 Å². The minimum Gasteiger partial charge on any atom is -0.310 e. The molecule has 0 saturated carbocycles. The maximum Gasteiger partial charge on any atom is 0.229 e. The van der Waals surface area contributed by atoms with Crippen molar-refractivity contribution in [1.29, 1.82) is 5.26 Å². The van der Waals surface area contributed by atoms with E-state index in [9.17, 15) is 4.79 Å². The van der Waals surface area contributed by atoms with E-state index >= 15 is 0 Å². The minimum absolute atomic E-state index is 0.0298. The van der Waals surface area contributed by atoms with E-state index in [1.165, 1.54) is 6.20 Å². The van der Waals surface area contributed by atoms with Gasteiger partial charge in [-0.05, 0) is 24.3 Å². The second-order valence-electron chi connectivity index (χ2n) is 3.59. The normalized spacial score (nSPS) is 19.1. The molecule has 1 atom stereocenters. The molecule has 1 aliphatic heterocycles. The number of hydrogen-bond donors (Lipinski definition) is 1. The summed E-state index contributed by atoms with van der Waals surface area (Å²) in [5.41, 5.74) is 0.495. The fraction of sp³-hybridized carbons (Fsp3) is 0.364. The highest BCUT2D eigenvalue weighted by Gasteiger charge is 2.23. The van der Waals surface area contributed by atoms with Crippen molar-refractivity contribution in [1.82, 2.24) is 4.98 Å². The first-order chi connectivity index (χ1) is 7.79. The number of pyridine rings is 1. The van der Waals surface area contributed by atoms with Crippen molar-refractivity contribution in [2.24, 2.45) is 5.92 Å². The van der Waals surface area contributed by atoms with Gasteiger partial charge in [0.1, 0.15) is 11.9 Å². The van der Waals surface area contributed by atoms with Gasteiger partial charge in [0.15, 0.2) is 0 Å². The number of nitrogens with one attached hydrogen (secondary N) is 1. The Morgan fingerprint density at radius 2 is 2.50 bits per heavy atom. The van der Waals surface area contributed by atoms with Crippen LogP contribution in [0.5, 0.6) is 0 Å². The van der Waals surface area contributed by atoms with Gasteiger partial charge in [-0.2, -0.15) is 17.0 Å². The molecule has 1 fully saturated rings. The van der Waals surface area contributed by atoms with Gasteiger partial charge in [0.25, 0.3) is 0 Å². The molecular formula is C11H11N3OS. The van der Waals surface area contributed by atoms with Crippen LogP contribution in [0.3, 0.4) is 0 Å². The highest BCUT2D eigenvalue weighted by atomic mass is 32.2. The van der Waals surface area contributed by atoms with Crippen molar-refractivity contribution in [2.75, 3.05) is 16.8 Å². The number of amides is 1. The molecule has 0 spiro atoms. The van der Waals surface area contributed by atoms with Gasteiger partial charge in [0, 0.05) is 17.9 Å². The zero-order valence-electron chi connectivity index (χ0n) is 8.64. The van der Waals surface area contributed by atoms with Gasteiger partial charge in [0.05, 0.1) is 5.56 Å². The third-order valence-electron chi connectivity index (χ3n) is 2.44. The molecule has 82 valence electrons. The quantitative estimate of drug-likeness (QED) is 0.843. The number of hydrogen-bond acceptors (Lipinski definition) is 4. The summed E-state index contributed by atoms with van der Waals surface area (Å²) in [5, 5.41) is 11.4. The number of carbonyl (C=O) groups excluding carboxylic acids is 1. The Morgan fingerprint density at radius 3 is 3.06 bits per heavy atom. The predicted molar refractivity (Wildman–Crippen MR) is 63.0 cm³/mol. The lowest BCUT2D eigenvalue weighted by Crippen LogP contribution is -2.22. The third kappa shape index (κ3) is 2.52. The molecule has 1 aliphatic rings. The summed E-state index contributed by atoms with van der Waals surface area (Å²) in [6.45, 7) is 0. The molecule has 0 radical (unpaired) electrons. The molecular weight excluding hydrogens is 222 g/mol. The van der Waals surface area contributed by atoms with Crippen LogP contribution >= 0.6 is 11.8 Å². The van der Waals surface area contributed by atoms with Crippen LogP contribution in [0, 0.1) is 17.2 Å². The van der Waals surface area contributed by atoms with Gasteiger partial charge in [-0.3, -0.25) is 4.79 Å². The Bertz CT molecular complexity index is 418. The van der Waals surface area contributed by atoms with Crippen molar-refractivity contribution in [3.8, 4) is 6.07 Å². The maximum atomic E-state index is 11.7. The van der Waals surface area contributed by atoms with E-state index in [0.717, 1.165) is 17.9 Å². The molecule has 16 heavy (non-hydrogen) atoms. The standard InChI is InChI=1S/C11H11N3OS/c12-5-8-1-2-10(13-6-8)14-11(15)9-3-4-16-7-9/h1-2,6,9H,3-4,7H2,(H,13,14,15). The monoisotopic (exact) mass is 233 g/mol. The molecule has 0 aliphatic carbocycles. The molecule has 1 aromatic heterocycles. The summed E-state index contributed by atoms with van der Waals surface area (Å²) in [4.78, 5) is 15.7. The minimum atomic E-state index is 0.0298. The van der Waals surface area contributed by atoms with Crippen molar-refractivity contribution in [2.45, 2.75) is 6.42 Å². The van der Waals surface area contributed by atoms with Gasteiger partial charge in [-0.1, -0.05) is 0 Å². The summed E-state index contributed by atoms with van der Waals surface area (Å²) >= 11 is 1.80. The van der Waals surface area contributed by atoms with Crippen LogP contribution in [0.25, 0.3) is 0 Å². The number of nitriles is 1. The summed E-state index contributed by atoms with van der Waals surface area (Å²) in [6.07, 6.45) is 2.39. The fourth-order valence-electron chi connectivity index (χ4n) is 1.50. The second kappa shape index (κ2) is 4.99. The Balaban J connectivity index is 1.98. The van der Waals surface area contributed by atoms with Gasteiger partial charge < -0.3 is 5.32 Å². The number of thioether (sulfide) groups is 1. The average Bonchev–Trinajstić information content (AvgIpc) is 2.83. The molecule has 0 bridgehead atoms. The molecule has 1 saturated heterocycles. The molecule has 4 nitrogen and oxygen atoms in total. The Morgan fingerprint density at radius 1 is 1.62 bits per heavy atom. The largest absolute Gasteiger partial charge is 0.310 e. The van der Waals surface area contributed by atoms with E-state index < -0.39 is 0 Å². The van der Waals surface area contributed by atoms with E-state index in [-0.39, 0.29) is 11.8 Å². The Kier molecular flexibility index (Phi) is 3.42. The van der Waals surface area contributed by atoms with Crippen molar-refractivity contribution in [3.63, 3.8) is 0 Å². The summed E-state index contributed by atoms with van der Waals surface area (Å²) in [5.74, 6) is 2.59. The predicted octanol–water partition coefficient (Wildman–Crippen LogP) is 1.64. The molecule has 2 heterocycles. The number of nitrogens with zero attached hydrogens (tertiary/aromatic N) is 2.